The fraction of sp³-hybridized carbons (Fsp3) is 0.357. The summed E-state index contributed by atoms with van der Waals surface area (Å²) >= 11 is 0. The minimum Gasteiger partial charge on any atom is -0.373 e. The zero-order valence-electron chi connectivity index (χ0n) is 19.7. The quantitative estimate of drug-likeness (QED) is 0.399. The van der Waals surface area contributed by atoms with Crippen molar-refractivity contribution in [2.45, 2.75) is 50.7 Å². The van der Waals surface area contributed by atoms with E-state index in [0.29, 0.717) is 47.8 Å². The Morgan fingerprint density at radius 2 is 1.97 bits per heavy atom. The molecule has 8 heteroatoms. The van der Waals surface area contributed by atoms with Crippen LogP contribution in [0.4, 0.5) is 8.78 Å². The molecule has 7 rings (SSSR count). The third-order valence-corrected chi connectivity index (χ3v) is 7.84. The fourth-order valence-electron chi connectivity index (χ4n) is 5.86. The lowest BCUT2D eigenvalue weighted by Crippen LogP contribution is -2.24. The summed E-state index contributed by atoms with van der Waals surface area (Å²) in [6.07, 6.45) is 4.09. The van der Waals surface area contributed by atoms with Crippen molar-refractivity contribution in [3.8, 4) is 11.3 Å². The van der Waals surface area contributed by atoms with Gasteiger partial charge in [0.05, 0.1) is 17.2 Å². The van der Waals surface area contributed by atoms with Crippen LogP contribution >= 0.6 is 0 Å². The average Bonchev–Trinajstić information content (AvgIpc) is 3.56. The highest BCUT2D eigenvalue weighted by Gasteiger charge is 2.47. The molecule has 2 aliphatic heterocycles. The molecule has 36 heavy (non-hydrogen) atoms. The number of halogens is 2. The van der Waals surface area contributed by atoms with Crippen LogP contribution in [0.5, 0.6) is 0 Å². The Morgan fingerprint density at radius 3 is 2.81 bits per heavy atom. The van der Waals surface area contributed by atoms with Crippen molar-refractivity contribution in [3.05, 3.63) is 87.4 Å². The van der Waals surface area contributed by atoms with E-state index in [1.165, 1.54) is 12.1 Å². The van der Waals surface area contributed by atoms with Crippen LogP contribution in [0, 0.1) is 24.5 Å². The van der Waals surface area contributed by atoms with Crippen LogP contribution in [0.25, 0.3) is 22.2 Å². The lowest BCUT2D eigenvalue weighted by atomic mass is 9.88. The van der Waals surface area contributed by atoms with Crippen LogP contribution in [0.1, 0.15) is 60.0 Å². The lowest BCUT2D eigenvalue weighted by molar-refractivity contribution is 0.00460. The monoisotopic (exact) mass is 486 g/mol. The molecular formula is C28H24F2N4O2. The molecule has 1 aliphatic carbocycles. The number of pyridine rings is 2. The zero-order valence-corrected chi connectivity index (χ0v) is 19.7. The van der Waals surface area contributed by atoms with Crippen molar-refractivity contribution >= 4 is 10.9 Å². The second kappa shape index (κ2) is 8.00. The predicted octanol–water partition coefficient (Wildman–Crippen LogP) is 5.19. The maximum absolute atomic E-state index is 15.0. The van der Waals surface area contributed by atoms with E-state index in [2.05, 4.69) is 4.98 Å². The van der Waals surface area contributed by atoms with E-state index >= 15 is 4.39 Å². The summed E-state index contributed by atoms with van der Waals surface area (Å²) in [4.78, 5) is 27.6. The Bertz CT molecular complexity index is 1600. The normalized spacial score (nSPS) is 24.5. The number of hydrogen-bond donors (Lipinski definition) is 0. The van der Waals surface area contributed by atoms with Gasteiger partial charge < -0.3 is 4.74 Å². The smallest absolute Gasteiger partial charge is 0.261 e. The van der Waals surface area contributed by atoms with Crippen LogP contribution in [0.15, 0.2) is 47.4 Å². The van der Waals surface area contributed by atoms with E-state index in [1.54, 1.807) is 10.8 Å². The number of fused-ring (bicyclic) bond motifs is 4. The van der Waals surface area contributed by atoms with Gasteiger partial charge in [-0.05, 0) is 68.0 Å². The molecule has 2 fully saturated rings. The van der Waals surface area contributed by atoms with Gasteiger partial charge in [0, 0.05) is 54.2 Å². The molecule has 0 unspecified atom stereocenters. The van der Waals surface area contributed by atoms with Gasteiger partial charge in [-0.25, -0.2) is 13.8 Å². The number of nitrogens with zero attached hydrogens (tertiary/aromatic N) is 4. The van der Waals surface area contributed by atoms with Crippen molar-refractivity contribution < 1.29 is 13.5 Å². The third kappa shape index (κ3) is 3.46. The van der Waals surface area contributed by atoms with Crippen molar-refractivity contribution in [2.75, 3.05) is 6.61 Å². The summed E-state index contributed by atoms with van der Waals surface area (Å²) in [6.45, 7) is 3.17. The molecule has 0 amide bonds. The molecular weight excluding hydrogens is 462 g/mol. The molecule has 0 spiro atoms. The first-order valence-corrected chi connectivity index (χ1v) is 12.4. The molecule has 3 aliphatic rings. The Hall–Kier alpha value is -3.52. The molecule has 0 radical (unpaired) electrons. The van der Waals surface area contributed by atoms with E-state index in [-0.39, 0.29) is 29.1 Å². The molecule has 4 aromatic rings. The molecule has 1 aromatic carbocycles. The van der Waals surface area contributed by atoms with Crippen molar-refractivity contribution in [1.82, 2.24) is 19.5 Å². The van der Waals surface area contributed by atoms with Gasteiger partial charge in [0.2, 0.25) is 0 Å². The molecule has 6 nitrogen and oxygen atoms in total. The summed E-state index contributed by atoms with van der Waals surface area (Å²) in [7, 11) is 0. The second-order valence-electron chi connectivity index (χ2n) is 10.2. The fourth-order valence-corrected chi connectivity index (χ4v) is 5.86. The number of ether oxygens (including phenoxy) is 1. The molecule has 182 valence electrons. The summed E-state index contributed by atoms with van der Waals surface area (Å²) in [5.74, 6) is 0.134. The Labute approximate surface area is 206 Å². The number of aryl methyl sites for hydroxylation is 1. The Balaban J connectivity index is 1.39. The SMILES string of the molecule is Cc1cc([C@@H]2C[C@H](c3cc4c(=O)n5c(nc4c(-c4ccc(F)cc4F)n3)[C@H]3C[C@H]3C5)CCO2)ccn1. The topological polar surface area (TPSA) is 69.9 Å². The second-order valence-corrected chi connectivity index (χ2v) is 10.2. The van der Waals surface area contributed by atoms with Crippen molar-refractivity contribution in [1.29, 1.82) is 0 Å². The highest BCUT2D eigenvalue weighted by molar-refractivity contribution is 5.91. The first kappa shape index (κ1) is 21.7. The van der Waals surface area contributed by atoms with Crippen LogP contribution in [-0.2, 0) is 11.3 Å². The average molecular weight is 487 g/mol. The summed E-state index contributed by atoms with van der Waals surface area (Å²) in [5, 5.41) is 0.437. The van der Waals surface area contributed by atoms with Crippen LogP contribution < -0.4 is 5.56 Å². The van der Waals surface area contributed by atoms with Gasteiger partial charge in [-0.2, -0.15) is 0 Å². The van der Waals surface area contributed by atoms with Gasteiger partial charge in [0.25, 0.3) is 5.56 Å². The number of hydrogen-bond acceptors (Lipinski definition) is 5. The van der Waals surface area contributed by atoms with Gasteiger partial charge in [-0.15, -0.1) is 0 Å². The van der Waals surface area contributed by atoms with E-state index in [0.717, 1.165) is 36.0 Å². The Morgan fingerprint density at radius 1 is 1.08 bits per heavy atom. The van der Waals surface area contributed by atoms with Crippen LogP contribution in [-0.4, -0.2) is 26.1 Å². The van der Waals surface area contributed by atoms with Crippen LogP contribution in [0.3, 0.4) is 0 Å². The highest BCUT2D eigenvalue weighted by Crippen LogP contribution is 2.52. The molecule has 1 saturated carbocycles. The van der Waals surface area contributed by atoms with Gasteiger partial charge in [0.15, 0.2) is 0 Å². The standard InChI is InChI=1S/C28H24F2N4O2/c1-14-8-16(4-6-31-14)24-10-15(5-7-36-24)23-12-21-26(25(32-23)19-3-2-18(29)11-22(19)30)33-27-20-9-17(20)13-34(27)28(21)35/h2-4,6,8,11-12,15,17,20,24H,5,7,9-10,13H2,1H3/t15-,17+,20+,24+/m1/s1. The van der Waals surface area contributed by atoms with E-state index in [4.69, 9.17) is 14.7 Å². The van der Waals surface area contributed by atoms with Gasteiger partial charge in [-0.3, -0.25) is 19.3 Å². The summed E-state index contributed by atoms with van der Waals surface area (Å²) < 4.78 is 36.6. The van der Waals surface area contributed by atoms with Crippen molar-refractivity contribution in [2.24, 2.45) is 5.92 Å². The van der Waals surface area contributed by atoms with Crippen LogP contribution in [0.2, 0.25) is 0 Å². The van der Waals surface area contributed by atoms with Crippen molar-refractivity contribution in [3.63, 3.8) is 0 Å². The molecule has 0 N–H and O–H groups in total. The van der Waals surface area contributed by atoms with E-state index < -0.39 is 11.6 Å². The molecule has 4 atom stereocenters. The van der Waals surface area contributed by atoms with Gasteiger partial charge >= 0.3 is 0 Å². The van der Waals surface area contributed by atoms with Gasteiger partial charge in [0.1, 0.15) is 23.0 Å². The molecule has 0 bridgehead atoms. The third-order valence-electron chi connectivity index (χ3n) is 7.84. The first-order chi connectivity index (χ1) is 17.5. The lowest BCUT2D eigenvalue weighted by Gasteiger charge is -2.30. The maximum Gasteiger partial charge on any atom is 0.261 e. The van der Waals surface area contributed by atoms with E-state index in [1.807, 2.05) is 25.1 Å². The largest absolute Gasteiger partial charge is 0.373 e. The maximum atomic E-state index is 15.0. The molecule has 3 aromatic heterocycles. The molecule has 1 saturated heterocycles. The number of benzene rings is 1. The minimum absolute atomic E-state index is 0.00920. The summed E-state index contributed by atoms with van der Waals surface area (Å²) in [6, 6.07) is 9.25. The highest BCUT2D eigenvalue weighted by atomic mass is 19.1. The molecule has 5 heterocycles. The Kier molecular flexibility index (Phi) is 4.83. The summed E-state index contributed by atoms with van der Waals surface area (Å²) in [5.41, 5.74) is 3.41. The van der Waals surface area contributed by atoms with E-state index in [9.17, 15) is 9.18 Å². The first-order valence-electron chi connectivity index (χ1n) is 12.4. The minimum atomic E-state index is -0.718. The predicted molar refractivity (Wildman–Crippen MR) is 130 cm³/mol. The number of aromatic nitrogens is 4. The number of rotatable bonds is 3. The zero-order chi connectivity index (χ0) is 24.6. The van der Waals surface area contributed by atoms with Gasteiger partial charge in [-0.1, -0.05) is 0 Å².